The lowest BCUT2D eigenvalue weighted by Crippen LogP contribution is -2.47. The molecule has 21 heavy (non-hydrogen) atoms. The summed E-state index contributed by atoms with van der Waals surface area (Å²) in [7, 11) is 0. The van der Waals surface area contributed by atoms with Gasteiger partial charge in [0.1, 0.15) is 0 Å². The van der Waals surface area contributed by atoms with Crippen LogP contribution >= 0.6 is 23.4 Å². The molecule has 1 heterocycles. The number of amidine groups is 1. The van der Waals surface area contributed by atoms with E-state index >= 15 is 0 Å². The van der Waals surface area contributed by atoms with Crippen LogP contribution in [0.5, 0.6) is 0 Å². The molecule has 1 aliphatic heterocycles. The molecule has 3 atom stereocenters. The number of aliphatic imine (C=N–C) groups is 1. The fourth-order valence-corrected chi connectivity index (χ4v) is 4.96. The zero-order valence-corrected chi connectivity index (χ0v) is 14.3. The van der Waals surface area contributed by atoms with Crippen molar-refractivity contribution in [3.05, 3.63) is 34.9 Å². The highest BCUT2D eigenvalue weighted by Gasteiger charge is 2.40. The Bertz CT molecular complexity index is 545. The van der Waals surface area contributed by atoms with E-state index in [1.54, 1.807) is 0 Å². The van der Waals surface area contributed by atoms with Crippen molar-refractivity contribution in [2.75, 3.05) is 5.75 Å². The van der Waals surface area contributed by atoms with Gasteiger partial charge in [0, 0.05) is 16.3 Å². The van der Waals surface area contributed by atoms with E-state index in [1.807, 2.05) is 30.0 Å². The number of nitrogens with one attached hydrogen (secondary N) is 1. The Labute approximate surface area is 136 Å². The smallest absolute Gasteiger partial charge is 0.157 e. The van der Waals surface area contributed by atoms with E-state index in [4.69, 9.17) is 16.6 Å². The molecule has 1 saturated heterocycles. The summed E-state index contributed by atoms with van der Waals surface area (Å²) >= 11 is 7.95. The molecule has 114 valence electrons. The van der Waals surface area contributed by atoms with Gasteiger partial charge in [-0.3, -0.25) is 4.99 Å². The lowest BCUT2D eigenvalue weighted by molar-refractivity contribution is 0.242. The largest absolute Gasteiger partial charge is 0.359 e. The molecule has 1 aromatic carbocycles. The molecule has 0 amide bonds. The maximum absolute atomic E-state index is 6.07. The number of nitrogens with zero attached hydrogens (tertiary/aromatic N) is 1. The SMILES string of the molecule is CC1CCCC2(CSC(=NC(C)c3cccc(Cl)c3)N2)C1. The Morgan fingerprint density at radius 2 is 2.33 bits per heavy atom. The molecule has 1 spiro atoms. The number of rotatable bonds is 2. The zero-order chi connectivity index (χ0) is 14.9. The van der Waals surface area contributed by atoms with E-state index in [0.717, 1.165) is 16.1 Å². The van der Waals surface area contributed by atoms with E-state index in [0.29, 0.717) is 5.54 Å². The van der Waals surface area contributed by atoms with E-state index in [2.05, 4.69) is 25.2 Å². The van der Waals surface area contributed by atoms with Crippen LogP contribution in [0.3, 0.4) is 0 Å². The first kappa shape index (κ1) is 15.2. The fourth-order valence-electron chi connectivity index (χ4n) is 3.50. The molecule has 0 radical (unpaired) electrons. The maximum atomic E-state index is 6.07. The van der Waals surface area contributed by atoms with Crippen molar-refractivity contribution in [3.8, 4) is 0 Å². The standard InChI is InChI=1S/C17H23ClN2S/c1-12-5-4-8-17(10-12)11-21-16(20-17)19-13(2)14-6-3-7-15(18)9-14/h3,6-7,9,12-13H,4-5,8,10-11H2,1-2H3,(H,19,20). The van der Waals surface area contributed by atoms with Gasteiger partial charge in [0.2, 0.25) is 0 Å². The predicted molar refractivity (Wildman–Crippen MR) is 93.3 cm³/mol. The fraction of sp³-hybridized carbons (Fsp3) is 0.588. The molecule has 3 unspecified atom stereocenters. The van der Waals surface area contributed by atoms with Crippen LogP contribution in [0.1, 0.15) is 51.1 Å². The van der Waals surface area contributed by atoms with E-state index in [9.17, 15) is 0 Å². The zero-order valence-electron chi connectivity index (χ0n) is 12.7. The van der Waals surface area contributed by atoms with Gasteiger partial charge in [-0.05, 0) is 43.4 Å². The second kappa shape index (κ2) is 6.21. The molecule has 1 aliphatic carbocycles. The summed E-state index contributed by atoms with van der Waals surface area (Å²) in [5.74, 6) is 2.00. The molecule has 3 rings (SSSR count). The maximum Gasteiger partial charge on any atom is 0.157 e. The van der Waals surface area contributed by atoms with Gasteiger partial charge < -0.3 is 5.32 Å². The number of halogens is 1. The van der Waals surface area contributed by atoms with E-state index in [1.165, 1.54) is 37.0 Å². The highest BCUT2D eigenvalue weighted by molar-refractivity contribution is 8.14. The van der Waals surface area contributed by atoms with Crippen LogP contribution in [0, 0.1) is 5.92 Å². The second-order valence-corrected chi connectivity index (χ2v) is 7.96. The number of benzene rings is 1. The van der Waals surface area contributed by atoms with Crippen molar-refractivity contribution in [3.63, 3.8) is 0 Å². The Hall–Kier alpha value is -0.670. The van der Waals surface area contributed by atoms with Crippen molar-refractivity contribution in [2.45, 2.75) is 51.1 Å². The Morgan fingerprint density at radius 1 is 1.48 bits per heavy atom. The summed E-state index contributed by atoms with van der Waals surface area (Å²) in [6.45, 7) is 4.51. The molecule has 1 N–H and O–H groups in total. The van der Waals surface area contributed by atoms with Gasteiger partial charge in [0.25, 0.3) is 0 Å². The molecule has 2 nitrogen and oxygen atoms in total. The highest BCUT2D eigenvalue weighted by Crippen LogP contribution is 2.39. The molecular weight excluding hydrogens is 300 g/mol. The first-order chi connectivity index (χ1) is 10.1. The van der Waals surface area contributed by atoms with Crippen LogP contribution in [-0.4, -0.2) is 16.5 Å². The molecule has 2 fully saturated rings. The van der Waals surface area contributed by atoms with Crippen molar-refractivity contribution < 1.29 is 0 Å². The quantitative estimate of drug-likeness (QED) is 0.824. The lowest BCUT2D eigenvalue weighted by atomic mass is 9.78. The van der Waals surface area contributed by atoms with Crippen LogP contribution in [0.4, 0.5) is 0 Å². The van der Waals surface area contributed by atoms with Gasteiger partial charge >= 0.3 is 0 Å². The summed E-state index contributed by atoms with van der Waals surface area (Å²) in [4.78, 5) is 4.87. The molecule has 1 saturated carbocycles. The topological polar surface area (TPSA) is 24.4 Å². The third-order valence-corrected chi connectivity index (χ3v) is 6.00. The minimum Gasteiger partial charge on any atom is -0.359 e. The first-order valence-electron chi connectivity index (χ1n) is 7.81. The van der Waals surface area contributed by atoms with Crippen molar-refractivity contribution >= 4 is 28.5 Å². The number of hydrogen-bond donors (Lipinski definition) is 1. The second-order valence-electron chi connectivity index (χ2n) is 6.56. The van der Waals surface area contributed by atoms with Gasteiger partial charge in [-0.2, -0.15) is 0 Å². The lowest BCUT2D eigenvalue weighted by Gasteiger charge is -2.36. The Kier molecular flexibility index (Phi) is 4.51. The summed E-state index contributed by atoms with van der Waals surface area (Å²) in [5.41, 5.74) is 1.48. The molecular formula is C17H23ClN2S. The summed E-state index contributed by atoms with van der Waals surface area (Å²) in [5, 5.41) is 5.62. The number of hydrogen-bond acceptors (Lipinski definition) is 2. The predicted octanol–water partition coefficient (Wildman–Crippen LogP) is 5.04. The molecule has 2 aliphatic rings. The summed E-state index contributed by atoms with van der Waals surface area (Å²) in [6.07, 6.45) is 5.28. The van der Waals surface area contributed by atoms with Crippen molar-refractivity contribution in [1.29, 1.82) is 0 Å². The van der Waals surface area contributed by atoms with Gasteiger partial charge in [-0.1, -0.05) is 55.3 Å². The average molecular weight is 323 g/mol. The van der Waals surface area contributed by atoms with Crippen LogP contribution < -0.4 is 5.32 Å². The molecule has 1 aromatic rings. The van der Waals surface area contributed by atoms with Crippen molar-refractivity contribution in [1.82, 2.24) is 5.32 Å². The van der Waals surface area contributed by atoms with Crippen molar-refractivity contribution in [2.24, 2.45) is 10.9 Å². The minimum absolute atomic E-state index is 0.148. The average Bonchev–Trinajstić information content (AvgIpc) is 2.81. The van der Waals surface area contributed by atoms with Gasteiger partial charge in [0.05, 0.1) is 6.04 Å². The molecule has 4 heteroatoms. The third-order valence-electron chi connectivity index (χ3n) is 4.59. The Morgan fingerprint density at radius 3 is 3.10 bits per heavy atom. The molecule has 0 bridgehead atoms. The summed E-state index contributed by atoms with van der Waals surface area (Å²) in [6, 6.07) is 8.15. The van der Waals surface area contributed by atoms with E-state index < -0.39 is 0 Å². The van der Waals surface area contributed by atoms with Gasteiger partial charge in [0.15, 0.2) is 5.17 Å². The number of thioether (sulfide) groups is 1. The van der Waals surface area contributed by atoms with Crippen LogP contribution in [0.2, 0.25) is 5.02 Å². The van der Waals surface area contributed by atoms with Gasteiger partial charge in [-0.25, -0.2) is 0 Å². The molecule has 0 aromatic heterocycles. The Balaban J connectivity index is 1.70. The van der Waals surface area contributed by atoms with E-state index in [-0.39, 0.29) is 6.04 Å². The van der Waals surface area contributed by atoms with Crippen LogP contribution in [-0.2, 0) is 0 Å². The highest BCUT2D eigenvalue weighted by atomic mass is 35.5. The minimum atomic E-state index is 0.148. The third kappa shape index (κ3) is 3.57. The monoisotopic (exact) mass is 322 g/mol. The van der Waals surface area contributed by atoms with Crippen LogP contribution in [0.25, 0.3) is 0 Å². The van der Waals surface area contributed by atoms with Gasteiger partial charge in [-0.15, -0.1) is 0 Å². The van der Waals surface area contributed by atoms with Crippen LogP contribution in [0.15, 0.2) is 29.3 Å². The first-order valence-corrected chi connectivity index (χ1v) is 9.17. The normalized spacial score (nSPS) is 32.3. The summed E-state index contributed by atoms with van der Waals surface area (Å²) < 4.78 is 0.